The molecule has 1 aromatic heterocycles. The number of nitro benzene ring substituents is 1. The van der Waals surface area contributed by atoms with E-state index in [1.807, 2.05) is 19.9 Å². The molecule has 0 radical (unpaired) electrons. The van der Waals surface area contributed by atoms with Crippen molar-refractivity contribution in [2.24, 2.45) is 0 Å². The highest BCUT2D eigenvalue weighted by Gasteiger charge is 2.12. The molecule has 120 valence electrons. The number of hydrogen-bond acceptors (Lipinski definition) is 6. The van der Waals surface area contributed by atoms with Crippen LogP contribution in [0, 0.1) is 30.9 Å². The number of amides is 1. The average molecular weight is 332 g/mol. The topological polar surface area (TPSA) is 98.0 Å². The van der Waals surface area contributed by atoms with Crippen molar-refractivity contribution in [2.45, 2.75) is 25.9 Å². The number of nitrogens with zero attached hydrogens (tertiary/aromatic N) is 3. The number of hydrogen-bond donors (Lipinski definition) is 1. The molecule has 0 aliphatic carbocycles. The van der Waals surface area contributed by atoms with Gasteiger partial charge in [-0.15, -0.1) is 0 Å². The van der Waals surface area contributed by atoms with Gasteiger partial charge < -0.3 is 5.32 Å². The molecular formula is C15H16N4O3S. The molecule has 0 saturated carbocycles. The number of thioether (sulfide) groups is 1. The van der Waals surface area contributed by atoms with Gasteiger partial charge in [-0.1, -0.05) is 17.8 Å². The lowest BCUT2D eigenvalue weighted by Crippen LogP contribution is -2.15. The Morgan fingerprint density at radius 2 is 1.87 bits per heavy atom. The molecule has 0 saturated heterocycles. The lowest BCUT2D eigenvalue weighted by Gasteiger charge is -2.08. The molecule has 0 spiro atoms. The van der Waals surface area contributed by atoms with E-state index in [4.69, 9.17) is 0 Å². The molecule has 7 nitrogen and oxygen atoms in total. The van der Waals surface area contributed by atoms with Crippen molar-refractivity contribution in [2.75, 3.05) is 11.1 Å². The average Bonchev–Trinajstić information content (AvgIpc) is 2.46. The number of anilines is 1. The molecule has 0 aliphatic rings. The van der Waals surface area contributed by atoms with Crippen molar-refractivity contribution in [3.63, 3.8) is 0 Å². The second-order valence-corrected chi connectivity index (χ2v) is 5.97. The molecule has 2 rings (SSSR count). The summed E-state index contributed by atoms with van der Waals surface area (Å²) in [4.78, 5) is 30.8. The summed E-state index contributed by atoms with van der Waals surface area (Å²) in [5.74, 6) is -0.133. The Morgan fingerprint density at radius 1 is 1.22 bits per heavy atom. The van der Waals surface area contributed by atoms with Gasteiger partial charge in [0.15, 0.2) is 5.16 Å². The van der Waals surface area contributed by atoms with Crippen molar-refractivity contribution >= 4 is 29.0 Å². The van der Waals surface area contributed by atoms with Crippen LogP contribution in [0.1, 0.15) is 17.0 Å². The van der Waals surface area contributed by atoms with Crippen molar-refractivity contribution < 1.29 is 9.72 Å². The van der Waals surface area contributed by atoms with Gasteiger partial charge in [0.25, 0.3) is 5.69 Å². The third-order valence-electron chi connectivity index (χ3n) is 3.00. The highest BCUT2D eigenvalue weighted by atomic mass is 32.2. The maximum atomic E-state index is 12.0. The highest BCUT2D eigenvalue weighted by Crippen LogP contribution is 2.22. The maximum Gasteiger partial charge on any atom is 0.271 e. The monoisotopic (exact) mass is 332 g/mol. The molecule has 1 heterocycles. The standard InChI is InChI=1S/C15H16N4O3S/c1-9-4-5-12(19(21)22)7-13(9)18-14(20)8-23-15-16-10(2)6-11(3)17-15/h4-7H,8H2,1-3H3,(H,18,20). The van der Waals surface area contributed by atoms with E-state index in [0.29, 0.717) is 10.8 Å². The SMILES string of the molecule is Cc1cc(C)nc(SCC(=O)Nc2cc([N+](=O)[O-])ccc2C)n1. The summed E-state index contributed by atoms with van der Waals surface area (Å²) in [6, 6.07) is 6.22. The number of carbonyl (C=O) groups is 1. The van der Waals surface area contributed by atoms with Crippen molar-refractivity contribution in [1.82, 2.24) is 9.97 Å². The van der Waals surface area contributed by atoms with E-state index in [1.165, 1.54) is 23.9 Å². The van der Waals surface area contributed by atoms with Crippen molar-refractivity contribution in [3.8, 4) is 0 Å². The van der Waals surface area contributed by atoms with E-state index in [-0.39, 0.29) is 17.3 Å². The van der Waals surface area contributed by atoms with Gasteiger partial charge in [0.1, 0.15) is 0 Å². The molecule has 8 heteroatoms. The summed E-state index contributed by atoms with van der Waals surface area (Å²) in [5.41, 5.74) is 2.82. The molecule has 0 fully saturated rings. The second kappa shape index (κ2) is 7.19. The fourth-order valence-electron chi connectivity index (χ4n) is 1.93. The zero-order valence-electron chi connectivity index (χ0n) is 13.0. The van der Waals surface area contributed by atoms with Gasteiger partial charge in [0, 0.05) is 23.5 Å². The van der Waals surface area contributed by atoms with Gasteiger partial charge in [-0.2, -0.15) is 0 Å². The first-order valence-electron chi connectivity index (χ1n) is 6.85. The molecule has 23 heavy (non-hydrogen) atoms. The Bertz CT molecular complexity index is 744. The summed E-state index contributed by atoms with van der Waals surface area (Å²) in [7, 11) is 0. The normalized spacial score (nSPS) is 10.4. The minimum Gasteiger partial charge on any atom is -0.325 e. The molecule has 1 N–H and O–H groups in total. The number of nitrogens with one attached hydrogen (secondary N) is 1. The van der Waals surface area contributed by atoms with Gasteiger partial charge in [0.05, 0.1) is 16.4 Å². The van der Waals surface area contributed by atoms with E-state index in [9.17, 15) is 14.9 Å². The Hall–Kier alpha value is -2.48. The summed E-state index contributed by atoms with van der Waals surface area (Å²) in [5, 5.41) is 14.0. The maximum absolute atomic E-state index is 12.0. The van der Waals surface area contributed by atoms with Gasteiger partial charge in [-0.3, -0.25) is 14.9 Å². The minimum atomic E-state index is -0.493. The predicted molar refractivity (Wildman–Crippen MR) is 88.7 cm³/mol. The fourth-order valence-corrected chi connectivity index (χ4v) is 2.68. The van der Waals surface area contributed by atoms with Crippen LogP contribution in [0.15, 0.2) is 29.4 Å². The number of aromatic nitrogens is 2. The first kappa shape index (κ1) is 16.9. The number of rotatable bonds is 5. The van der Waals surface area contributed by atoms with E-state index in [0.717, 1.165) is 17.0 Å². The van der Waals surface area contributed by atoms with Crippen LogP contribution in [0.25, 0.3) is 0 Å². The van der Waals surface area contributed by atoms with Crippen LogP contribution >= 0.6 is 11.8 Å². The molecule has 0 aliphatic heterocycles. The molecule has 0 bridgehead atoms. The van der Waals surface area contributed by atoms with Gasteiger partial charge in [0.2, 0.25) is 5.91 Å². The third kappa shape index (κ3) is 4.75. The molecule has 0 atom stereocenters. The number of non-ortho nitro benzene ring substituents is 1. The summed E-state index contributed by atoms with van der Waals surface area (Å²) >= 11 is 1.22. The first-order chi connectivity index (χ1) is 10.8. The van der Waals surface area contributed by atoms with Crippen LogP contribution in [0.3, 0.4) is 0 Å². The van der Waals surface area contributed by atoms with Crippen LogP contribution in [-0.2, 0) is 4.79 Å². The Balaban J connectivity index is 2.02. The molecule has 0 unspecified atom stereocenters. The zero-order valence-corrected chi connectivity index (χ0v) is 13.8. The van der Waals surface area contributed by atoms with Gasteiger partial charge in [-0.25, -0.2) is 9.97 Å². The van der Waals surface area contributed by atoms with Crippen molar-refractivity contribution in [1.29, 1.82) is 0 Å². The number of aryl methyl sites for hydroxylation is 3. The quantitative estimate of drug-likeness (QED) is 0.391. The zero-order chi connectivity index (χ0) is 17.0. The van der Waals surface area contributed by atoms with Crippen LogP contribution in [0.2, 0.25) is 0 Å². The molecule has 2 aromatic rings. The van der Waals surface area contributed by atoms with Crippen LogP contribution < -0.4 is 5.32 Å². The fraction of sp³-hybridized carbons (Fsp3) is 0.267. The first-order valence-corrected chi connectivity index (χ1v) is 7.83. The van der Waals surface area contributed by atoms with E-state index >= 15 is 0 Å². The van der Waals surface area contributed by atoms with Crippen molar-refractivity contribution in [3.05, 3.63) is 51.3 Å². The summed E-state index contributed by atoms with van der Waals surface area (Å²) in [6.45, 7) is 5.51. The largest absolute Gasteiger partial charge is 0.325 e. The highest BCUT2D eigenvalue weighted by molar-refractivity contribution is 7.99. The summed E-state index contributed by atoms with van der Waals surface area (Å²) < 4.78 is 0. The third-order valence-corrected chi connectivity index (χ3v) is 3.85. The van der Waals surface area contributed by atoms with E-state index in [1.54, 1.807) is 13.0 Å². The molecule has 1 aromatic carbocycles. The van der Waals surface area contributed by atoms with E-state index < -0.39 is 4.92 Å². The van der Waals surface area contributed by atoms with Crippen LogP contribution in [-0.4, -0.2) is 26.6 Å². The Labute approximate surface area is 137 Å². The Morgan fingerprint density at radius 3 is 2.48 bits per heavy atom. The van der Waals surface area contributed by atoms with Gasteiger partial charge >= 0.3 is 0 Å². The molecule has 1 amide bonds. The minimum absolute atomic E-state index is 0.0591. The lowest BCUT2D eigenvalue weighted by molar-refractivity contribution is -0.384. The smallest absolute Gasteiger partial charge is 0.271 e. The number of nitro groups is 1. The van der Waals surface area contributed by atoms with Gasteiger partial charge in [-0.05, 0) is 32.4 Å². The Kier molecular flexibility index (Phi) is 5.28. The summed E-state index contributed by atoms with van der Waals surface area (Å²) in [6.07, 6.45) is 0. The predicted octanol–water partition coefficient (Wildman–Crippen LogP) is 3.04. The number of benzene rings is 1. The van der Waals surface area contributed by atoms with Crippen LogP contribution in [0.5, 0.6) is 0 Å². The number of carbonyl (C=O) groups excluding carboxylic acids is 1. The van der Waals surface area contributed by atoms with Crippen LogP contribution in [0.4, 0.5) is 11.4 Å². The van der Waals surface area contributed by atoms with E-state index in [2.05, 4.69) is 15.3 Å². The second-order valence-electron chi connectivity index (χ2n) is 5.03. The molecular weight excluding hydrogens is 316 g/mol. The lowest BCUT2D eigenvalue weighted by atomic mass is 10.2.